The summed E-state index contributed by atoms with van der Waals surface area (Å²) in [5.41, 5.74) is 4.33. The smallest absolute Gasteiger partial charge is 0.272 e. The van der Waals surface area contributed by atoms with Crippen LogP contribution in [0.2, 0.25) is 0 Å². The van der Waals surface area contributed by atoms with Crippen molar-refractivity contribution in [2.75, 3.05) is 31.2 Å². The van der Waals surface area contributed by atoms with Gasteiger partial charge in [-0.05, 0) is 49.9 Å². The summed E-state index contributed by atoms with van der Waals surface area (Å²) in [6.45, 7) is 8.36. The van der Waals surface area contributed by atoms with Gasteiger partial charge >= 0.3 is 0 Å². The van der Waals surface area contributed by atoms with Crippen molar-refractivity contribution in [1.29, 1.82) is 0 Å². The van der Waals surface area contributed by atoms with Crippen LogP contribution in [0.4, 0.5) is 11.4 Å². The van der Waals surface area contributed by atoms with Crippen molar-refractivity contribution >= 4 is 23.0 Å². The van der Waals surface area contributed by atoms with Crippen LogP contribution in [0.15, 0.2) is 29.4 Å². The van der Waals surface area contributed by atoms with Gasteiger partial charge < -0.3 is 25.5 Å². The Morgan fingerprint density at radius 3 is 2.58 bits per heavy atom. The fourth-order valence-corrected chi connectivity index (χ4v) is 2.81. The van der Waals surface area contributed by atoms with Crippen LogP contribution >= 0.6 is 0 Å². The molecule has 7 heteroatoms. The van der Waals surface area contributed by atoms with E-state index in [0.29, 0.717) is 30.8 Å². The highest BCUT2D eigenvalue weighted by atomic mass is 16.3. The Kier molecular flexibility index (Phi) is 6.90. The number of benzene rings is 1. The summed E-state index contributed by atoms with van der Waals surface area (Å²) in [6, 6.07) is 3.92. The van der Waals surface area contributed by atoms with Crippen LogP contribution in [0.25, 0.3) is 0 Å². The molecular formula is C19H27N3O4. The Hall–Kier alpha value is -2.22. The molecule has 0 aliphatic carbocycles. The monoisotopic (exact) mass is 361 g/mol. The molecule has 1 aromatic rings. The van der Waals surface area contributed by atoms with Crippen LogP contribution in [-0.4, -0.2) is 59.3 Å². The van der Waals surface area contributed by atoms with Gasteiger partial charge in [0.1, 0.15) is 0 Å². The van der Waals surface area contributed by atoms with Crippen LogP contribution in [0.1, 0.15) is 24.0 Å². The number of aliphatic imine (C=N–C) groups is 1. The molecule has 7 nitrogen and oxygen atoms in total. The molecule has 142 valence electrons. The van der Waals surface area contributed by atoms with Crippen LogP contribution in [0.5, 0.6) is 0 Å². The summed E-state index contributed by atoms with van der Waals surface area (Å²) in [6.07, 6.45) is 0.100. The van der Waals surface area contributed by atoms with E-state index in [2.05, 4.69) is 16.9 Å². The minimum atomic E-state index is -0.631. The Morgan fingerprint density at radius 2 is 1.92 bits per heavy atom. The zero-order valence-electron chi connectivity index (χ0n) is 15.3. The van der Waals surface area contributed by atoms with Gasteiger partial charge in [-0.1, -0.05) is 6.58 Å². The number of nitrogens with one attached hydrogen (secondary N) is 1. The van der Waals surface area contributed by atoms with Crippen molar-refractivity contribution < 1.29 is 20.1 Å². The largest absolute Gasteiger partial charge is 0.396 e. The van der Waals surface area contributed by atoms with Crippen molar-refractivity contribution in [3.05, 3.63) is 35.5 Å². The zero-order chi connectivity index (χ0) is 19.3. The van der Waals surface area contributed by atoms with E-state index in [-0.39, 0.29) is 25.5 Å². The number of carbonyl (C=O) groups is 1. The first kappa shape index (κ1) is 20.1. The number of aryl methyl sites for hydroxylation is 2. The Morgan fingerprint density at radius 1 is 1.23 bits per heavy atom. The highest BCUT2D eigenvalue weighted by molar-refractivity contribution is 6.47. The number of amides is 1. The first-order chi connectivity index (χ1) is 12.4. The molecule has 26 heavy (non-hydrogen) atoms. The highest BCUT2D eigenvalue weighted by Crippen LogP contribution is 2.38. The molecule has 2 rings (SSSR count). The fourth-order valence-electron chi connectivity index (χ4n) is 2.81. The number of anilines is 1. The number of hydrogen-bond acceptors (Lipinski definition) is 6. The van der Waals surface area contributed by atoms with E-state index in [4.69, 9.17) is 10.2 Å². The summed E-state index contributed by atoms with van der Waals surface area (Å²) in [5, 5.41) is 30.4. The molecule has 1 heterocycles. The summed E-state index contributed by atoms with van der Waals surface area (Å²) < 4.78 is 0. The lowest BCUT2D eigenvalue weighted by Gasteiger charge is -2.33. The average molecular weight is 361 g/mol. The molecule has 0 radical (unpaired) electrons. The number of aliphatic hydroxyl groups is 3. The minimum absolute atomic E-state index is 0.0761. The fraction of sp³-hybridized carbons (Fsp3) is 0.474. The number of rotatable bonds is 8. The van der Waals surface area contributed by atoms with E-state index in [1.807, 2.05) is 30.9 Å². The quantitative estimate of drug-likeness (QED) is 0.552. The summed E-state index contributed by atoms with van der Waals surface area (Å²) in [5.74, 6) is -0.395. The van der Waals surface area contributed by atoms with Gasteiger partial charge in [0.2, 0.25) is 0 Å². The molecule has 1 unspecified atom stereocenters. The maximum absolute atomic E-state index is 12.4. The SMILES string of the molecule is C=C1C(C(=O)NCCO)=Nc2cc(C)c(C)cc2N1CCC(O)CCO. The maximum atomic E-state index is 12.4. The normalized spacial score (nSPS) is 14.7. The van der Waals surface area contributed by atoms with Crippen molar-refractivity contribution in [3.8, 4) is 0 Å². The van der Waals surface area contributed by atoms with E-state index in [1.165, 1.54) is 0 Å². The predicted molar refractivity (Wildman–Crippen MR) is 102 cm³/mol. The lowest BCUT2D eigenvalue weighted by molar-refractivity contribution is -0.114. The van der Waals surface area contributed by atoms with E-state index in [1.54, 1.807) is 0 Å². The van der Waals surface area contributed by atoms with Gasteiger partial charge in [-0.2, -0.15) is 0 Å². The molecule has 1 aromatic carbocycles. The molecule has 0 bridgehead atoms. The van der Waals surface area contributed by atoms with Crippen LogP contribution in [-0.2, 0) is 4.79 Å². The Labute approximate surface area is 153 Å². The second-order valence-electron chi connectivity index (χ2n) is 6.42. The maximum Gasteiger partial charge on any atom is 0.272 e. The molecule has 1 aliphatic rings. The molecular weight excluding hydrogens is 334 g/mol. The van der Waals surface area contributed by atoms with Crippen molar-refractivity contribution in [2.24, 2.45) is 4.99 Å². The molecule has 1 aliphatic heterocycles. The van der Waals surface area contributed by atoms with E-state index >= 15 is 0 Å². The van der Waals surface area contributed by atoms with Gasteiger partial charge in [0, 0.05) is 19.7 Å². The van der Waals surface area contributed by atoms with Gasteiger partial charge in [-0.3, -0.25) is 4.79 Å². The second-order valence-corrected chi connectivity index (χ2v) is 6.42. The molecule has 0 saturated heterocycles. The molecule has 0 aromatic heterocycles. The number of hydrogen-bond donors (Lipinski definition) is 4. The lowest BCUT2D eigenvalue weighted by atomic mass is 10.0. The first-order valence-corrected chi connectivity index (χ1v) is 8.73. The standard InChI is InChI=1S/C19H27N3O4/c1-12-10-16-17(11-13(12)2)22(7-4-15(25)5-8-23)14(3)18(21-16)19(26)20-6-9-24/h10-11,15,23-25H,3-9H2,1-2H3,(H,20,26). The summed E-state index contributed by atoms with van der Waals surface area (Å²) in [7, 11) is 0. The topological polar surface area (TPSA) is 105 Å². The molecule has 4 N–H and O–H groups in total. The second kappa shape index (κ2) is 8.93. The highest BCUT2D eigenvalue weighted by Gasteiger charge is 2.28. The molecule has 0 spiro atoms. The Bertz CT molecular complexity index is 715. The van der Waals surface area contributed by atoms with Crippen molar-refractivity contribution in [1.82, 2.24) is 5.32 Å². The molecule has 1 atom stereocenters. The third-order valence-electron chi connectivity index (χ3n) is 4.47. The number of aliphatic hydroxyl groups excluding tert-OH is 3. The van der Waals surface area contributed by atoms with E-state index in [9.17, 15) is 9.90 Å². The zero-order valence-corrected chi connectivity index (χ0v) is 15.3. The van der Waals surface area contributed by atoms with Gasteiger partial charge in [-0.15, -0.1) is 0 Å². The number of nitrogens with zero attached hydrogens (tertiary/aromatic N) is 2. The number of fused-ring (bicyclic) bond motifs is 1. The molecule has 0 saturated carbocycles. The van der Waals surface area contributed by atoms with E-state index < -0.39 is 12.0 Å². The van der Waals surface area contributed by atoms with Crippen LogP contribution < -0.4 is 10.2 Å². The Balaban J connectivity index is 2.35. The lowest BCUT2D eigenvalue weighted by Crippen LogP contribution is -2.41. The van der Waals surface area contributed by atoms with Gasteiger partial charge in [0.25, 0.3) is 5.91 Å². The van der Waals surface area contributed by atoms with Crippen molar-refractivity contribution in [3.63, 3.8) is 0 Å². The summed E-state index contributed by atoms with van der Waals surface area (Å²) >= 11 is 0. The predicted octanol–water partition coefficient (Wildman–Crippen LogP) is 0.952. The number of carbonyl (C=O) groups excluding carboxylic acids is 1. The van der Waals surface area contributed by atoms with Gasteiger partial charge in [-0.25, -0.2) is 4.99 Å². The third-order valence-corrected chi connectivity index (χ3v) is 4.47. The van der Waals surface area contributed by atoms with Gasteiger partial charge in [0.05, 0.1) is 29.8 Å². The third kappa shape index (κ3) is 4.49. The average Bonchev–Trinajstić information content (AvgIpc) is 2.60. The summed E-state index contributed by atoms with van der Waals surface area (Å²) in [4.78, 5) is 18.7. The van der Waals surface area contributed by atoms with E-state index in [0.717, 1.165) is 16.8 Å². The van der Waals surface area contributed by atoms with Crippen LogP contribution in [0.3, 0.4) is 0 Å². The van der Waals surface area contributed by atoms with Crippen molar-refractivity contribution in [2.45, 2.75) is 32.8 Å². The van der Waals surface area contributed by atoms with Crippen LogP contribution in [0, 0.1) is 13.8 Å². The van der Waals surface area contributed by atoms with Gasteiger partial charge in [0.15, 0.2) is 5.71 Å². The minimum Gasteiger partial charge on any atom is -0.396 e. The first-order valence-electron chi connectivity index (χ1n) is 8.73. The molecule has 1 amide bonds. The molecule has 0 fully saturated rings.